The van der Waals surface area contributed by atoms with E-state index >= 15 is 0 Å². The van der Waals surface area contributed by atoms with Gasteiger partial charge in [-0.05, 0) is 43.9 Å². The first-order valence-electron chi connectivity index (χ1n) is 6.35. The number of hydrogen-bond acceptors (Lipinski definition) is 5. The van der Waals surface area contributed by atoms with E-state index in [1.54, 1.807) is 0 Å². The third-order valence-electron chi connectivity index (χ3n) is 3.37. The molecule has 0 bridgehead atoms. The second kappa shape index (κ2) is 5.41. The van der Waals surface area contributed by atoms with Gasteiger partial charge in [0.05, 0.1) is 17.6 Å². The SMILES string of the molecule is COC(=O)c1cc(N)ccc1S(=O)(=O)NC(C)C1CC1. The van der Waals surface area contributed by atoms with Gasteiger partial charge in [0.1, 0.15) is 0 Å². The molecule has 0 saturated heterocycles. The maximum atomic E-state index is 12.4. The van der Waals surface area contributed by atoms with Gasteiger partial charge < -0.3 is 10.5 Å². The highest BCUT2D eigenvalue weighted by atomic mass is 32.2. The topological polar surface area (TPSA) is 98.5 Å². The lowest BCUT2D eigenvalue weighted by Crippen LogP contribution is -2.35. The van der Waals surface area contributed by atoms with Crippen LogP contribution in [0.2, 0.25) is 0 Å². The van der Waals surface area contributed by atoms with Crippen molar-refractivity contribution in [2.45, 2.75) is 30.7 Å². The van der Waals surface area contributed by atoms with Crippen LogP contribution in [0.5, 0.6) is 0 Å². The largest absolute Gasteiger partial charge is 0.465 e. The second-order valence-corrected chi connectivity index (χ2v) is 6.68. The first-order chi connectivity index (χ1) is 9.35. The van der Waals surface area contributed by atoms with E-state index in [2.05, 4.69) is 9.46 Å². The van der Waals surface area contributed by atoms with Gasteiger partial charge in [-0.15, -0.1) is 0 Å². The van der Waals surface area contributed by atoms with Gasteiger partial charge in [-0.1, -0.05) is 0 Å². The number of nitrogens with two attached hydrogens (primary N) is 1. The molecule has 7 heteroatoms. The summed E-state index contributed by atoms with van der Waals surface area (Å²) in [6.45, 7) is 1.82. The van der Waals surface area contributed by atoms with E-state index in [0.29, 0.717) is 11.6 Å². The van der Waals surface area contributed by atoms with Crippen LogP contribution in [0.4, 0.5) is 5.69 Å². The Hall–Kier alpha value is -1.60. The number of rotatable bonds is 5. The predicted octanol–water partition coefficient (Wildman–Crippen LogP) is 1.13. The van der Waals surface area contributed by atoms with E-state index in [1.807, 2.05) is 6.92 Å². The molecule has 0 heterocycles. The molecule has 0 aliphatic heterocycles. The zero-order chi connectivity index (χ0) is 14.9. The van der Waals surface area contributed by atoms with Crippen molar-refractivity contribution >= 4 is 21.7 Å². The number of hydrogen-bond donors (Lipinski definition) is 2. The van der Waals surface area contributed by atoms with Crippen LogP contribution >= 0.6 is 0 Å². The molecule has 0 aromatic heterocycles. The van der Waals surface area contributed by atoms with E-state index < -0.39 is 16.0 Å². The molecule has 1 aromatic rings. The highest BCUT2D eigenvalue weighted by molar-refractivity contribution is 7.89. The number of esters is 1. The smallest absolute Gasteiger partial charge is 0.339 e. The van der Waals surface area contributed by atoms with Gasteiger partial charge in [-0.3, -0.25) is 0 Å². The second-order valence-electron chi connectivity index (χ2n) is 4.99. The number of ether oxygens (including phenoxy) is 1. The van der Waals surface area contributed by atoms with Crippen molar-refractivity contribution in [3.8, 4) is 0 Å². The highest BCUT2D eigenvalue weighted by Crippen LogP contribution is 2.33. The number of methoxy groups -OCH3 is 1. The van der Waals surface area contributed by atoms with Crippen LogP contribution in [0, 0.1) is 5.92 Å². The summed E-state index contributed by atoms with van der Waals surface area (Å²) in [4.78, 5) is 11.6. The molecule has 0 spiro atoms. The van der Waals surface area contributed by atoms with Gasteiger partial charge in [0.25, 0.3) is 0 Å². The molecule has 1 atom stereocenters. The minimum atomic E-state index is -3.77. The normalized spacial score (nSPS) is 16.7. The maximum absolute atomic E-state index is 12.4. The lowest BCUT2D eigenvalue weighted by Gasteiger charge is -2.15. The molecule has 6 nitrogen and oxygen atoms in total. The first kappa shape index (κ1) is 14.8. The van der Waals surface area contributed by atoms with Crippen LogP contribution in [-0.2, 0) is 14.8 Å². The summed E-state index contributed by atoms with van der Waals surface area (Å²) in [6, 6.07) is 3.93. The Balaban J connectivity index is 2.37. The fraction of sp³-hybridized carbons (Fsp3) is 0.462. The van der Waals surface area contributed by atoms with Crippen LogP contribution in [0.3, 0.4) is 0 Å². The van der Waals surface area contributed by atoms with E-state index in [-0.39, 0.29) is 16.5 Å². The standard InChI is InChI=1S/C13H18N2O4S/c1-8(9-3-4-9)15-20(17,18)12-6-5-10(14)7-11(12)13(16)19-2/h5-9,15H,3-4,14H2,1-2H3. The number of anilines is 1. The third-order valence-corrected chi connectivity index (χ3v) is 4.99. The van der Waals surface area contributed by atoms with Gasteiger partial charge in [0.15, 0.2) is 0 Å². The molecule has 2 rings (SSSR count). The number of benzene rings is 1. The average molecular weight is 298 g/mol. The van der Waals surface area contributed by atoms with Crippen LogP contribution in [0.25, 0.3) is 0 Å². The fourth-order valence-corrected chi connectivity index (χ4v) is 3.54. The van der Waals surface area contributed by atoms with Crippen molar-refractivity contribution in [1.29, 1.82) is 0 Å². The Morgan fingerprint density at radius 1 is 1.45 bits per heavy atom. The van der Waals surface area contributed by atoms with Crippen molar-refractivity contribution < 1.29 is 17.9 Å². The molecule has 0 radical (unpaired) electrons. The van der Waals surface area contributed by atoms with Crippen molar-refractivity contribution in [1.82, 2.24) is 4.72 Å². The van der Waals surface area contributed by atoms with Gasteiger partial charge >= 0.3 is 5.97 Å². The molecular weight excluding hydrogens is 280 g/mol. The number of sulfonamides is 1. The molecule has 1 saturated carbocycles. The van der Waals surface area contributed by atoms with Crippen LogP contribution in [0.1, 0.15) is 30.1 Å². The van der Waals surface area contributed by atoms with Gasteiger partial charge in [0.2, 0.25) is 10.0 Å². The molecule has 1 aliphatic rings. The molecule has 20 heavy (non-hydrogen) atoms. The molecule has 1 unspecified atom stereocenters. The highest BCUT2D eigenvalue weighted by Gasteiger charge is 2.32. The number of nitrogens with one attached hydrogen (secondary N) is 1. The van der Waals surface area contributed by atoms with Crippen molar-refractivity contribution in [3.05, 3.63) is 23.8 Å². The van der Waals surface area contributed by atoms with E-state index in [4.69, 9.17) is 5.73 Å². The van der Waals surface area contributed by atoms with Gasteiger partial charge in [-0.2, -0.15) is 0 Å². The zero-order valence-corrected chi connectivity index (χ0v) is 12.2. The minimum absolute atomic E-state index is 0.0528. The van der Waals surface area contributed by atoms with Gasteiger partial charge in [-0.25, -0.2) is 17.9 Å². The summed E-state index contributed by atoms with van der Waals surface area (Å²) >= 11 is 0. The molecule has 3 N–H and O–H groups in total. The number of nitrogen functional groups attached to an aromatic ring is 1. The van der Waals surface area contributed by atoms with Crippen molar-refractivity contribution in [3.63, 3.8) is 0 Å². The summed E-state index contributed by atoms with van der Waals surface area (Å²) in [6.07, 6.45) is 2.05. The zero-order valence-electron chi connectivity index (χ0n) is 11.4. The van der Waals surface area contributed by atoms with E-state index in [1.165, 1.54) is 25.3 Å². The third kappa shape index (κ3) is 3.10. The summed E-state index contributed by atoms with van der Waals surface area (Å²) in [5.41, 5.74) is 5.85. The minimum Gasteiger partial charge on any atom is -0.465 e. The molecular formula is C13H18N2O4S. The Bertz CT molecular complexity index is 623. The number of carbonyl (C=O) groups is 1. The Kier molecular flexibility index (Phi) is 4.01. The quantitative estimate of drug-likeness (QED) is 0.627. The average Bonchev–Trinajstić information content (AvgIpc) is 3.21. The van der Waals surface area contributed by atoms with E-state index in [0.717, 1.165) is 12.8 Å². The summed E-state index contributed by atoms with van der Waals surface area (Å²) in [5.74, 6) is -0.350. The van der Waals surface area contributed by atoms with Crippen LogP contribution in [-0.4, -0.2) is 27.5 Å². The summed E-state index contributed by atoms with van der Waals surface area (Å²) in [7, 11) is -2.58. The molecule has 110 valence electrons. The van der Waals surface area contributed by atoms with Crippen LogP contribution < -0.4 is 10.5 Å². The summed E-state index contributed by atoms with van der Waals surface area (Å²) in [5, 5.41) is 0. The maximum Gasteiger partial charge on any atom is 0.339 e. The fourth-order valence-electron chi connectivity index (χ4n) is 2.05. The predicted molar refractivity (Wildman–Crippen MR) is 74.7 cm³/mol. The Morgan fingerprint density at radius 3 is 2.65 bits per heavy atom. The van der Waals surface area contributed by atoms with E-state index in [9.17, 15) is 13.2 Å². The van der Waals surface area contributed by atoms with Gasteiger partial charge in [0, 0.05) is 11.7 Å². The molecule has 1 aromatic carbocycles. The first-order valence-corrected chi connectivity index (χ1v) is 7.83. The summed E-state index contributed by atoms with van der Waals surface area (Å²) < 4.78 is 31.9. The monoisotopic (exact) mass is 298 g/mol. The Labute approximate surface area is 118 Å². The Morgan fingerprint density at radius 2 is 2.10 bits per heavy atom. The lowest BCUT2D eigenvalue weighted by molar-refractivity contribution is 0.0596. The van der Waals surface area contributed by atoms with Crippen LogP contribution in [0.15, 0.2) is 23.1 Å². The van der Waals surface area contributed by atoms with Crippen molar-refractivity contribution in [2.24, 2.45) is 5.92 Å². The molecule has 1 fully saturated rings. The lowest BCUT2D eigenvalue weighted by atomic mass is 10.2. The molecule has 1 aliphatic carbocycles. The van der Waals surface area contributed by atoms with Crippen molar-refractivity contribution in [2.75, 3.05) is 12.8 Å². The number of carbonyl (C=O) groups excluding carboxylic acids is 1. The molecule has 0 amide bonds.